The van der Waals surface area contributed by atoms with Crippen molar-refractivity contribution in [3.8, 4) is 0 Å². The molecule has 1 saturated heterocycles. The van der Waals surface area contributed by atoms with Gasteiger partial charge in [-0.1, -0.05) is 0 Å². The number of thiophene rings is 1. The molecule has 0 bridgehead atoms. The molecule has 1 amide bonds. The van der Waals surface area contributed by atoms with Crippen molar-refractivity contribution in [2.75, 3.05) is 24.6 Å². The lowest BCUT2D eigenvalue weighted by Gasteiger charge is -2.27. The van der Waals surface area contributed by atoms with Gasteiger partial charge in [0.25, 0.3) is 5.91 Å². The molecule has 1 N–H and O–H groups in total. The molecule has 1 aliphatic heterocycles. The Balaban J connectivity index is 1.51. The Morgan fingerprint density at radius 2 is 2.23 bits per heavy atom. The number of hydrogen-bond acceptors (Lipinski definition) is 5. The molecule has 140 valence electrons. The summed E-state index contributed by atoms with van der Waals surface area (Å²) in [5, 5.41) is 12.7. The van der Waals surface area contributed by atoms with Crippen LogP contribution in [0, 0.1) is 0 Å². The summed E-state index contributed by atoms with van der Waals surface area (Å²) in [5.41, 5.74) is 4.50. The van der Waals surface area contributed by atoms with E-state index in [9.17, 15) is 4.79 Å². The molecule has 0 unspecified atom stereocenters. The number of amides is 1. The minimum atomic E-state index is 0.132. The zero-order valence-electron chi connectivity index (χ0n) is 15.2. The van der Waals surface area contributed by atoms with Crippen LogP contribution in [0.15, 0.2) is 16.8 Å². The van der Waals surface area contributed by atoms with Crippen LogP contribution in [-0.2, 0) is 25.9 Å². The van der Waals surface area contributed by atoms with Crippen molar-refractivity contribution in [1.29, 1.82) is 0 Å². The summed E-state index contributed by atoms with van der Waals surface area (Å²) >= 11 is 3.66. The fourth-order valence-electron chi connectivity index (χ4n) is 3.87. The van der Waals surface area contributed by atoms with Gasteiger partial charge in [0.1, 0.15) is 0 Å². The lowest BCUT2D eigenvalue weighted by atomic mass is 9.91. The van der Waals surface area contributed by atoms with E-state index < -0.39 is 0 Å². The molecule has 26 heavy (non-hydrogen) atoms. The van der Waals surface area contributed by atoms with Crippen LogP contribution in [0.25, 0.3) is 0 Å². The van der Waals surface area contributed by atoms with Crippen LogP contribution in [0.4, 0.5) is 0 Å². The van der Waals surface area contributed by atoms with Gasteiger partial charge in [0, 0.05) is 55.0 Å². The van der Waals surface area contributed by atoms with Gasteiger partial charge in [-0.25, -0.2) is 0 Å². The number of aryl methyl sites for hydroxylation is 1. The Labute approximate surface area is 163 Å². The molecule has 0 radical (unpaired) electrons. The lowest BCUT2D eigenvalue weighted by Crippen LogP contribution is -2.39. The van der Waals surface area contributed by atoms with E-state index in [0.717, 1.165) is 56.9 Å². The van der Waals surface area contributed by atoms with E-state index in [0.29, 0.717) is 11.7 Å². The molecule has 2 aromatic rings. The largest absolute Gasteiger partial charge is 0.336 e. The normalized spacial score (nSPS) is 20.2. The van der Waals surface area contributed by atoms with E-state index in [1.807, 2.05) is 16.7 Å². The Morgan fingerprint density at radius 3 is 2.96 bits per heavy atom. The molecule has 2 aromatic heterocycles. The lowest BCUT2D eigenvalue weighted by molar-refractivity contribution is 0.0764. The number of hydrogen-bond donors (Lipinski definition) is 1. The van der Waals surface area contributed by atoms with E-state index in [-0.39, 0.29) is 5.91 Å². The second kappa shape index (κ2) is 8.15. The first-order chi connectivity index (χ1) is 12.8. The second-order valence-corrected chi connectivity index (χ2v) is 8.95. The first kappa shape index (κ1) is 18.1. The number of fused-ring (bicyclic) bond motifs is 1. The molecular formula is C19H26N4OS2. The fourth-order valence-corrected chi connectivity index (χ4v) is 5.44. The Bertz CT molecular complexity index is 750. The standard InChI is InChI=1S/C19H26N4OS2/c1-2-23-17-4-3-15(20-12-14-5-8-26-13-14)11-16(17)18(21-23)19(24)22-6-9-25-10-7-22/h5,8,13,15,20H,2-4,6-7,9-12H2,1H3/t15-/m1/s1. The third-order valence-corrected chi connectivity index (χ3v) is 7.00. The molecule has 0 aromatic carbocycles. The molecule has 0 spiro atoms. The Kier molecular flexibility index (Phi) is 5.66. The number of aromatic nitrogens is 2. The predicted octanol–water partition coefficient (Wildman–Crippen LogP) is 2.80. The summed E-state index contributed by atoms with van der Waals surface area (Å²) in [6.07, 6.45) is 3.01. The van der Waals surface area contributed by atoms with Gasteiger partial charge in [0.15, 0.2) is 5.69 Å². The van der Waals surface area contributed by atoms with Gasteiger partial charge in [0.2, 0.25) is 0 Å². The van der Waals surface area contributed by atoms with Gasteiger partial charge in [0.05, 0.1) is 0 Å². The quantitative estimate of drug-likeness (QED) is 0.853. The van der Waals surface area contributed by atoms with Gasteiger partial charge in [-0.3, -0.25) is 9.48 Å². The van der Waals surface area contributed by atoms with Gasteiger partial charge in [-0.05, 0) is 48.6 Å². The number of carbonyl (C=O) groups excluding carboxylic acids is 1. The molecule has 5 nitrogen and oxygen atoms in total. The maximum Gasteiger partial charge on any atom is 0.274 e. The molecule has 4 rings (SSSR count). The van der Waals surface area contributed by atoms with Crippen molar-refractivity contribution in [1.82, 2.24) is 20.0 Å². The molecule has 7 heteroatoms. The summed E-state index contributed by atoms with van der Waals surface area (Å²) in [5.74, 6) is 2.20. The van der Waals surface area contributed by atoms with Crippen LogP contribution in [0.5, 0.6) is 0 Å². The molecular weight excluding hydrogens is 364 g/mol. The molecule has 1 aliphatic carbocycles. The van der Waals surface area contributed by atoms with Crippen LogP contribution >= 0.6 is 23.1 Å². The van der Waals surface area contributed by atoms with Crippen molar-refractivity contribution in [3.63, 3.8) is 0 Å². The summed E-state index contributed by atoms with van der Waals surface area (Å²) in [6, 6.07) is 2.59. The minimum Gasteiger partial charge on any atom is -0.336 e. The van der Waals surface area contributed by atoms with E-state index in [4.69, 9.17) is 5.10 Å². The first-order valence-electron chi connectivity index (χ1n) is 9.46. The van der Waals surface area contributed by atoms with Gasteiger partial charge in [-0.2, -0.15) is 28.2 Å². The maximum atomic E-state index is 13.1. The Morgan fingerprint density at radius 1 is 1.38 bits per heavy atom. The first-order valence-corrected chi connectivity index (χ1v) is 11.6. The predicted molar refractivity (Wildman–Crippen MR) is 108 cm³/mol. The van der Waals surface area contributed by atoms with Crippen LogP contribution in [0.3, 0.4) is 0 Å². The van der Waals surface area contributed by atoms with Crippen molar-refractivity contribution in [2.24, 2.45) is 0 Å². The Hall–Kier alpha value is -1.31. The zero-order valence-corrected chi connectivity index (χ0v) is 16.9. The van der Waals surface area contributed by atoms with Crippen molar-refractivity contribution in [3.05, 3.63) is 39.3 Å². The molecule has 3 heterocycles. The smallest absolute Gasteiger partial charge is 0.274 e. The molecule has 0 saturated carbocycles. The number of nitrogens with one attached hydrogen (secondary N) is 1. The highest BCUT2D eigenvalue weighted by molar-refractivity contribution is 7.99. The third kappa shape index (κ3) is 3.70. The number of thioether (sulfide) groups is 1. The summed E-state index contributed by atoms with van der Waals surface area (Å²) in [4.78, 5) is 15.1. The monoisotopic (exact) mass is 390 g/mol. The van der Waals surface area contributed by atoms with E-state index in [1.54, 1.807) is 11.3 Å². The van der Waals surface area contributed by atoms with E-state index in [2.05, 4.69) is 33.7 Å². The molecule has 1 fully saturated rings. The maximum absolute atomic E-state index is 13.1. The summed E-state index contributed by atoms with van der Waals surface area (Å²) < 4.78 is 2.05. The van der Waals surface area contributed by atoms with Crippen LogP contribution in [-0.4, -0.2) is 51.2 Å². The van der Waals surface area contributed by atoms with Crippen molar-refractivity contribution < 1.29 is 4.79 Å². The van der Waals surface area contributed by atoms with Gasteiger partial charge >= 0.3 is 0 Å². The highest BCUT2D eigenvalue weighted by atomic mass is 32.2. The number of nitrogens with zero attached hydrogens (tertiary/aromatic N) is 3. The zero-order chi connectivity index (χ0) is 17.9. The molecule has 1 atom stereocenters. The SMILES string of the molecule is CCn1nc(C(=O)N2CCSCC2)c2c1CC[C@@H](NCc1ccsc1)C2. The fraction of sp³-hybridized carbons (Fsp3) is 0.579. The van der Waals surface area contributed by atoms with E-state index in [1.165, 1.54) is 16.8 Å². The van der Waals surface area contributed by atoms with Crippen molar-refractivity contribution in [2.45, 2.75) is 45.3 Å². The third-order valence-electron chi connectivity index (χ3n) is 5.32. The van der Waals surface area contributed by atoms with Crippen LogP contribution < -0.4 is 5.32 Å². The van der Waals surface area contributed by atoms with Crippen LogP contribution in [0.2, 0.25) is 0 Å². The van der Waals surface area contributed by atoms with Crippen molar-refractivity contribution >= 4 is 29.0 Å². The van der Waals surface area contributed by atoms with Crippen LogP contribution in [0.1, 0.15) is 40.7 Å². The average Bonchev–Trinajstić information content (AvgIpc) is 3.34. The molecule has 2 aliphatic rings. The summed E-state index contributed by atoms with van der Waals surface area (Å²) in [7, 11) is 0. The highest BCUT2D eigenvalue weighted by Gasteiger charge is 2.31. The average molecular weight is 391 g/mol. The number of rotatable bonds is 5. The number of carbonyl (C=O) groups is 1. The van der Waals surface area contributed by atoms with E-state index >= 15 is 0 Å². The highest BCUT2D eigenvalue weighted by Crippen LogP contribution is 2.27. The van der Waals surface area contributed by atoms with Gasteiger partial charge < -0.3 is 10.2 Å². The second-order valence-electron chi connectivity index (χ2n) is 6.95. The summed E-state index contributed by atoms with van der Waals surface area (Å²) in [6.45, 7) is 5.53. The minimum absolute atomic E-state index is 0.132. The van der Waals surface area contributed by atoms with Gasteiger partial charge in [-0.15, -0.1) is 0 Å². The topological polar surface area (TPSA) is 50.2 Å².